The van der Waals surface area contributed by atoms with E-state index in [0.29, 0.717) is 43.5 Å². The number of carbonyl (C=O) groups excluding carboxylic acids is 1. The van der Waals surface area contributed by atoms with Crippen LogP contribution in [0, 0.1) is 46.3 Å². The Labute approximate surface area is 305 Å². The maximum atomic E-state index is 14.5. The number of carbonyl (C=O) groups is 1. The van der Waals surface area contributed by atoms with Gasteiger partial charge in [0, 0.05) is 30.1 Å². The number of ketones is 1. The third-order valence-corrected chi connectivity index (χ3v) is 15.4. The van der Waals surface area contributed by atoms with Crippen LogP contribution in [0.5, 0.6) is 0 Å². The molecule has 294 valence electrons. The number of aliphatic hydroxyl groups is 6. The Morgan fingerprint density at radius 2 is 1.60 bits per heavy atom. The molecule has 8 rings (SSSR count). The van der Waals surface area contributed by atoms with E-state index in [1.165, 1.54) is 5.57 Å². The van der Waals surface area contributed by atoms with E-state index in [1.54, 1.807) is 6.92 Å². The van der Waals surface area contributed by atoms with Crippen molar-refractivity contribution < 1.29 is 63.9 Å². The van der Waals surface area contributed by atoms with Gasteiger partial charge < -0.3 is 59.1 Å². The Hall–Kier alpha value is -1.07. The Balaban J connectivity index is 0.919. The molecule has 4 aliphatic carbocycles. The van der Waals surface area contributed by atoms with Crippen molar-refractivity contribution in [1.29, 1.82) is 0 Å². The molecular formula is C39H60O13. The van der Waals surface area contributed by atoms with Gasteiger partial charge >= 0.3 is 0 Å². The summed E-state index contributed by atoms with van der Waals surface area (Å²) in [7, 11) is 0. The minimum atomic E-state index is -1.66. The Kier molecular flexibility index (Phi) is 9.86. The van der Waals surface area contributed by atoms with E-state index in [-0.39, 0.29) is 41.3 Å². The fourth-order valence-corrected chi connectivity index (χ4v) is 12.3. The van der Waals surface area contributed by atoms with Crippen LogP contribution in [-0.2, 0) is 33.2 Å². The molecule has 13 heteroatoms. The lowest BCUT2D eigenvalue weighted by atomic mass is 9.46. The van der Waals surface area contributed by atoms with E-state index in [2.05, 4.69) is 33.8 Å². The average Bonchev–Trinajstić information content (AvgIpc) is 3.57. The molecule has 21 atom stereocenters. The van der Waals surface area contributed by atoms with Gasteiger partial charge in [-0.15, -0.1) is 0 Å². The molecule has 0 bridgehead atoms. The Bertz CT molecular complexity index is 1380. The minimum Gasteiger partial charge on any atom is -0.394 e. The molecular weight excluding hydrogens is 676 g/mol. The van der Waals surface area contributed by atoms with E-state index in [9.17, 15) is 35.4 Å². The fraction of sp³-hybridized carbons (Fsp3) is 0.923. The van der Waals surface area contributed by atoms with E-state index in [1.807, 2.05) is 0 Å². The summed E-state index contributed by atoms with van der Waals surface area (Å²) in [6, 6.07) is 0. The monoisotopic (exact) mass is 736 g/mol. The first-order valence-corrected chi connectivity index (χ1v) is 19.8. The molecule has 0 amide bonds. The van der Waals surface area contributed by atoms with Gasteiger partial charge in [0.1, 0.15) is 48.5 Å². The van der Waals surface area contributed by atoms with Crippen LogP contribution in [0.15, 0.2) is 11.6 Å². The van der Waals surface area contributed by atoms with Crippen molar-refractivity contribution in [2.24, 2.45) is 46.3 Å². The molecule has 0 aromatic heterocycles. The van der Waals surface area contributed by atoms with Crippen LogP contribution in [0.25, 0.3) is 0 Å². The van der Waals surface area contributed by atoms with E-state index >= 15 is 0 Å². The lowest BCUT2D eigenvalue weighted by molar-refractivity contribution is -0.359. The van der Waals surface area contributed by atoms with Crippen LogP contribution in [0.4, 0.5) is 0 Å². The Morgan fingerprint density at radius 1 is 0.865 bits per heavy atom. The van der Waals surface area contributed by atoms with Gasteiger partial charge in [-0.3, -0.25) is 4.79 Å². The normalized spacial score (nSPS) is 57.5. The second-order valence-electron chi connectivity index (χ2n) is 18.1. The van der Waals surface area contributed by atoms with Crippen LogP contribution < -0.4 is 0 Å². The average molecular weight is 737 g/mol. The van der Waals surface area contributed by atoms with Gasteiger partial charge in [0.25, 0.3) is 0 Å². The van der Waals surface area contributed by atoms with E-state index in [4.69, 9.17) is 28.4 Å². The second-order valence-corrected chi connectivity index (χ2v) is 18.1. The van der Waals surface area contributed by atoms with E-state index < -0.39 is 79.2 Å². The number of ether oxygens (including phenoxy) is 6. The van der Waals surface area contributed by atoms with Gasteiger partial charge in [0.15, 0.2) is 18.4 Å². The maximum absolute atomic E-state index is 14.5. The SMILES string of the molecule is CC1C2C(CC3C4CC=C5C[C@@H](O[C@@H]6O[C@H](C)[C@H](O[C@@H]7O[C@H](CO)[C@@H](O)[C@H](O)[C@H]7O)[C@H](O)[C@H]6O)CC[C@]5(C)C4CC(=O)[C@@]32C)O[C@]12CC[C@@H](C)CO2. The highest BCUT2D eigenvalue weighted by molar-refractivity contribution is 5.87. The summed E-state index contributed by atoms with van der Waals surface area (Å²) in [4.78, 5) is 14.5. The van der Waals surface area contributed by atoms with Crippen molar-refractivity contribution in [1.82, 2.24) is 0 Å². The number of allylic oxidation sites excluding steroid dienone is 1. The van der Waals surface area contributed by atoms with Crippen LogP contribution >= 0.6 is 0 Å². The highest BCUT2D eigenvalue weighted by Gasteiger charge is 2.71. The predicted octanol–water partition coefficient (Wildman–Crippen LogP) is 1.57. The van der Waals surface area contributed by atoms with Crippen LogP contribution in [-0.4, -0.2) is 129 Å². The zero-order valence-corrected chi connectivity index (χ0v) is 31.1. The van der Waals surface area contributed by atoms with Gasteiger partial charge in [0.05, 0.1) is 31.5 Å². The smallest absolute Gasteiger partial charge is 0.187 e. The van der Waals surface area contributed by atoms with Gasteiger partial charge in [-0.2, -0.15) is 0 Å². The number of fused-ring (bicyclic) bond motifs is 7. The highest BCUT2D eigenvalue weighted by Crippen LogP contribution is 2.69. The van der Waals surface area contributed by atoms with Crippen molar-refractivity contribution in [3.8, 4) is 0 Å². The summed E-state index contributed by atoms with van der Waals surface area (Å²) in [5.41, 5.74) is 0.729. The molecule has 8 aliphatic rings. The van der Waals surface area contributed by atoms with Gasteiger partial charge in [-0.1, -0.05) is 39.3 Å². The van der Waals surface area contributed by atoms with Crippen molar-refractivity contribution in [2.45, 2.75) is 165 Å². The summed E-state index contributed by atoms with van der Waals surface area (Å²) in [5, 5.41) is 62.5. The lowest BCUT2D eigenvalue weighted by Crippen LogP contribution is -2.64. The lowest BCUT2D eigenvalue weighted by Gasteiger charge is -2.58. The molecule has 1 spiro atoms. The van der Waals surface area contributed by atoms with Crippen molar-refractivity contribution in [3.63, 3.8) is 0 Å². The van der Waals surface area contributed by atoms with Gasteiger partial charge in [-0.05, 0) is 74.5 Å². The molecule has 0 aromatic carbocycles. The number of rotatable bonds is 5. The van der Waals surface area contributed by atoms with Gasteiger partial charge in [-0.25, -0.2) is 0 Å². The third kappa shape index (κ3) is 5.66. The molecule has 0 aromatic rings. The largest absolute Gasteiger partial charge is 0.394 e. The zero-order chi connectivity index (χ0) is 37.1. The van der Waals surface area contributed by atoms with Crippen molar-refractivity contribution in [3.05, 3.63) is 11.6 Å². The molecule has 52 heavy (non-hydrogen) atoms. The number of aliphatic hydroxyl groups excluding tert-OH is 6. The second kappa shape index (κ2) is 13.5. The molecule has 6 unspecified atom stereocenters. The first kappa shape index (κ1) is 37.8. The van der Waals surface area contributed by atoms with Crippen LogP contribution in [0.1, 0.15) is 86.0 Å². The van der Waals surface area contributed by atoms with Crippen LogP contribution in [0.2, 0.25) is 0 Å². The molecule has 6 N–H and O–H groups in total. The van der Waals surface area contributed by atoms with Gasteiger partial charge in [0.2, 0.25) is 0 Å². The molecule has 4 saturated heterocycles. The molecule has 7 fully saturated rings. The Morgan fingerprint density at radius 3 is 2.31 bits per heavy atom. The number of Topliss-reactive ketones (excluding diaryl/α,β-unsaturated/α-hetero) is 1. The number of hydrogen-bond acceptors (Lipinski definition) is 13. The quantitative estimate of drug-likeness (QED) is 0.223. The van der Waals surface area contributed by atoms with Crippen molar-refractivity contribution in [2.75, 3.05) is 13.2 Å². The molecule has 4 aliphatic heterocycles. The van der Waals surface area contributed by atoms with Crippen LogP contribution in [0.3, 0.4) is 0 Å². The van der Waals surface area contributed by atoms with E-state index in [0.717, 1.165) is 32.1 Å². The summed E-state index contributed by atoms with van der Waals surface area (Å²) in [6.07, 6.45) is -4.85. The topological polar surface area (TPSA) is 194 Å². The number of hydrogen-bond donors (Lipinski definition) is 6. The standard InChI is InChI=1S/C39H60O13/c1-17-8-11-39(47-16-17)18(2)28-25(52-39)13-24-22-7-6-20-12-21(9-10-37(20,4)23(22)14-27(41)38(24,28)5)49-35-33(46)31(44)34(19(3)48-35)51-36-32(45)30(43)29(42)26(15-40)50-36/h6,17-19,21-26,28-36,40,42-46H,7-16H2,1-5H3/t17-,18?,19-,21+,22?,23?,24?,25?,26-,28?,29-,30+,31-,32-,33-,34+,35+,36+,37+,38-,39-/m1/s1. The molecule has 4 heterocycles. The molecule has 13 nitrogen and oxygen atoms in total. The maximum Gasteiger partial charge on any atom is 0.187 e. The molecule has 0 radical (unpaired) electrons. The summed E-state index contributed by atoms with van der Waals surface area (Å²) < 4.78 is 36.9. The summed E-state index contributed by atoms with van der Waals surface area (Å²) in [6.45, 7) is 10.8. The minimum absolute atomic E-state index is 0.0466. The third-order valence-electron chi connectivity index (χ3n) is 15.4. The highest BCUT2D eigenvalue weighted by atomic mass is 16.7. The molecule has 3 saturated carbocycles. The fourth-order valence-electron chi connectivity index (χ4n) is 12.3. The first-order chi connectivity index (χ1) is 24.6. The summed E-state index contributed by atoms with van der Waals surface area (Å²) >= 11 is 0. The first-order valence-electron chi connectivity index (χ1n) is 19.8. The zero-order valence-electron chi connectivity index (χ0n) is 31.1. The predicted molar refractivity (Wildman–Crippen MR) is 182 cm³/mol. The summed E-state index contributed by atoms with van der Waals surface area (Å²) in [5.74, 6) is 1.61. The van der Waals surface area contributed by atoms with Crippen molar-refractivity contribution >= 4 is 5.78 Å².